The summed E-state index contributed by atoms with van der Waals surface area (Å²) in [6.45, 7) is 0.296. The number of para-hydroxylation sites is 1. The third kappa shape index (κ3) is 4.27. The van der Waals surface area contributed by atoms with Crippen LogP contribution in [0.2, 0.25) is 0 Å². The molecular formula is C24H23NO5S. The van der Waals surface area contributed by atoms with Gasteiger partial charge in [-0.3, -0.25) is 4.31 Å². The summed E-state index contributed by atoms with van der Waals surface area (Å²) >= 11 is 0. The molecular weight excluding hydrogens is 414 g/mol. The van der Waals surface area contributed by atoms with Crippen LogP contribution in [0.15, 0.2) is 83.8 Å². The van der Waals surface area contributed by atoms with Crippen molar-refractivity contribution >= 4 is 21.7 Å². The van der Waals surface area contributed by atoms with Gasteiger partial charge in [-0.1, -0.05) is 36.4 Å². The Labute approximate surface area is 182 Å². The molecule has 0 N–H and O–H groups in total. The summed E-state index contributed by atoms with van der Waals surface area (Å²) in [7, 11) is -2.26. The molecule has 0 fully saturated rings. The van der Waals surface area contributed by atoms with Crippen LogP contribution in [0.25, 0.3) is 0 Å². The van der Waals surface area contributed by atoms with Crippen molar-refractivity contribution in [2.75, 3.05) is 18.0 Å². The van der Waals surface area contributed by atoms with Crippen LogP contribution in [0.3, 0.4) is 0 Å². The first-order valence-corrected chi connectivity index (χ1v) is 11.5. The van der Waals surface area contributed by atoms with E-state index in [0.29, 0.717) is 42.0 Å². The number of nitrogens with zero attached hydrogens (tertiary/aromatic N) is 1. The quantitative estimate of drug-likeness (QED) is 0.546. The molecule has 0 unspecified atom stereocenters. The van der Waals surface area contributed by atoms with Crippen molar-refractivity contribution in [3.05, 3.63) is 90.0 Å². The fraction of sp³-hybridized carbons (Fsp3) is 0.208. The van der Waals surface area contributed by atoms with Gasteiger partial charge in [-0.15, -0.1) is 0 Å². The van der Waals surface area contributed by atoms with Crippen molar-refractivity contribution in [2.45, 2.75) is 23.8 Å². The van der Waals surface area contributed by atoms with Crippen LogP contribution < -0.4 is 9.04 Å². The Morgan fingerprint density at radius 1 is 0.935 bits per heavy atom. The SMILES string of the molecule is COc1ccc(S(=O)(=O)N2CCC[C@H](OC(=O)c3ccccc3)c3ccccc32)cc1. The number of anilines is 1. The molecule has 3 aromatic rings. The van der Waals surface area contributed by atoms with Crippen LogP contribution >= 0.6 is 0 Å². The van der Waals surface area contributed by atoms with E-state index in [1.165, 1.54) is 23.5 Å². The van der Waals surface area contributed by atoms with Crippen molar-refractivity contribution < 1.29 is 22.7 Å². The summed E-state index contributed by atoms with van der Waals surface area (Å²) in [5, 5.41) is 0. The minimum atomic E-state index is -3.79. The number of methoxy groups -OCH3 is 1. The average Bonchev–Trinajstić information content (AvgIpc) is 3.00. The van der Waals surface area contributed by atoms with Crippen molar-refractivity contribution in [2.24, 2.45) is 0 Å². The predicted molar refractivity (Wildman–Crippen MR) is 118 cm³/mol. The van der Waals surface area contributed by atoms with Crippen LogP contribution in [-0.4, -0.2) is 28.0 Å². The molecule has 7 heteroatoms. The lowest BCUT2D eigenvalue weighted by atomic mass is 10.0. The van der Waals surface area contributed by atoms with Crippen LogP contribution in [-0.2, 0) is 14.8 Å². The standard InChI is InChI=1S/C24H23NO5S/c1-29-19-13-15-20(16-14-19)31(27,28)25-17-7-12-23(21-10-5-6-11-22(21)25)30-24(26)18-8-3-2-4-9-18/h2-6,8-11,13-16,23H,7,12,17H2,1H3/t23-/m0/s1. The molecule has 1 aliphatic rings. The monoisotopic (exact) mass is 437 g/mol. The van der Waals surface area contributed by atoms with Crippen molar-refractivity contribution in [1.29, 1.82) is 0 Å². The first-order valence-electron chi connectivity index (χ1n) is 10.0. The summed E-state index contributed by atoms with van der Waals surface area (Å²) in [5.41, 5.74) is 1.68. The molecule has 3 aromatic carbocycles. The smallest absolute Gasteiger partial charge is 0.338 e. The van der Waals surface area contributed by atoms with Crippen LogP contribution in [0.1, 0.15) is 34.9 Å². The van der Waals surface area contributed by atoms with Gasteiger partial charge in [-0.05, 0) is 55.3 Å². The van der Waals surface area contributed by atoms with Gasteiger partial charge in [-0.25, -0.2) is 13.2 Å². The van der Waals surface area contributed by atoms with E-state index in [1.807, 2.05) is 18.2 Å². The second-order valence-electron chi connectivity index (χ2n) is 7.21. The van der Waals surface area contributed by atoms with E-state index in [1.54, 1.807) is 48.5 Å². The number of ether oxygens (including phenoxy) is 2. The fourth-order valence-electron chi connectivity index (χ4n) is 3.70. The summed E-state index contributed by atoms with van der Waals surface area (Å²) in [5.74, 6) is 0.162. The van der Waals surface area contributed by atoms with Gasteiger partial charge >= 0.3 is 5.97 Å². The third-order valence-electron chi connectivity index (χ3n) is 5.29. The third-order valence-corrected chi connectivity index (χ3v) is 7.11. The molecule has 0 aromatic heterocycles. The molecule has 31 heavy (non-hydrogen) atoms. The zero-order chi connectivity index (χ0) is 21.8. The van der Waals surface area contributed by atoms with Crippen LogP contribution in [0.4, 0.5) is 5.69 Å². The van der Waals surface area contributed by atoms with Gasteiger partial charge in [0.2, 0.25) is 0 Å². The highest BCUT2D eigenvalue weighted by atomic mass is 32.2. The molecule has 0 amide bonds. The van der Waals surface area contributed by atoms with E-state index in [-0.39, 0.29) is 4.90 Å². The van der Waals surface area contributed by atoms with Gasteiger partial charge in [0, 0.05) is 12.1 Å². The minimum Gasteiger partial charge on any atom is -0.497 e. The summed E-state index contributed by atoms with van der Waals surface area (Å²) in [6.07, 6.45) is 0.557. The topological polar surface area (TPSA) is 72.9 Å². The first-order chi connectivity index (χ1) is 15.0. The van der Waals surface area contributed by atoms with Gasteiger partial charge in [0.15, 0.2) is 0 Å². The number of esters is 1. The molecule has 6 nitrogen and oxygen atoms in total. The van der Waals surface area contributed by atoms with E-state index < -0.39 is 22.1 Å². The molecule has 0 saturated carbocycles. The number of rotatable bonds is 5. The Hall–Kier alpha value is -3.32. The number of benzene rings is 3. The molecule has 0 saturated heterocycles. The van der Waals surface area contributed by atoms with Gasteiger partial charge in [0.05, 0.1) is 23.3 Å². The highest BCUT2D eigenvalue weighted by Gasteiger charge is 2.32. The maximum atomic E-state index is 13.4. The van der Waals surface area contributed by atoms with E-state index in [9.17, 15) is 13.2 Å². The highest BCUT2D eigenvalue weighted by molar-refractivity contribution is 7.92. The summed E-state index contributed by atoms with van der Waals surface area (Å²) in [4.78, 5) is 12.8. The maximum Gasteiger partial charge on any atom is 0.338 e. The van der Waals surface area contributed by atoms with Crippen LogP contribution in [0.5, 0.6) is 5.75 Å². The number of carbonyl (C=O) groups excluding carboxylic acids is 1. The number of hydrogen-bond donors (Lipinski definition) is 0. The first kappa shape index (κ1) is 20.9. The molecule has 0 radical (unpaired) electrons. The highest BCUT2D eigenvalue weighted by Crippen LogP contribution is 2.38. The fourth-order valence-corrected chi connectivity index (χ4v) is 5.23. The number of sulfonamides is 1. The second-order valence-corrected chi connectivity index (χ2v) is 9.08. The van der Waals surface area contributed by atoms with E-state index in [2.05, 4.69) is 0 Å². The molecule has 1 aliphatic heterocycles. The molecule has 0 aliphatic carbocycles. The van der Waals surface area contributed by atoms with E-state index in [4.69, 9.17) is 9.47 Å². The van der Waals surface area contributed by atoms with Gasteiger partial charge in [0.1, 0.15) is 11.9 Å². The largest absolute Gasteiger partial charge is 0.497 e. The Bertz CT molecular complexity index is 1160. The van der Waals surface area contributed by atoms with Crippen molar-refractivity contribution in [3.63, 3.8) is 0 Å². The Kier molecular flexibility index (Phi) is 5.95. The molecule has 4 rings (SSSR count). The van der Waals surface area contributed by atoms with Gasteiger partial charge in [-0.2, -0.15) is 0 Å². The average molecular weight is 438 g/mol. The number of hydrogen-bond acceptors (Lipinski definition) is 5. The lowest BCUT2D eigenvalue weighted by Gasteiger charge is -2.25. The van der Waals surface area contributed by atoms with Crippen LogP contribution in [0, 0.1) is 0 Å². The maximum absolute atomic E-state index is 13.4. The van der Waals surface area contributed by atoms with Crippen molar-refractivity contribution in [3.8, 4) is 5.75 Å². The predicted octanol–water partition coefficient (Wildman–Crippen LogP) is 4.58. The minimum absolute atomic E-state index is 0.183. The number of fused-ring (bicyclic) bond motifs is 1. The Balaban J connectivity index is 1.67. The number of carbonyl (C=O) groups is 1. The molecule has 160 valence electrons. The normalized spacial score (nSPS) is 16.2. The molecule has 0 bridgehead atoms. The van der Waals surface area contributed by atoms with Gasteiger partial charge in [0.25, 0.3) is 10.0 Å². The molecule has 1 atom stereocenters. The zero-order valence-corrected chi connectivity index (χ0v) is 17.9. The Morgan fingerprint density at radius 2 is 1.61 bits per heavy atom. The summed E-state index contributed by atoms with van der Waals surface area (Å²) in [6, 6.07) is 22.3. The van der Waals surface area contributed by atoms with E-state index >= 15 is 0 Å². The second kappa shape index (κ2) is 8.81. The lowest BCUT2D eigenvalue weighted by Crippen LogP contribution is -2.31. The van der Waals surface area contributed by atoms with Gasteiger partial charge < -0.3 is 9.47 Å². The lowest BCUT2D eigenvalue weighted by molar-refractivity contribution is 0.0279. The zero-order valence-electron chi connectivity index (χ0n) is 17.1. The molecule has 0 spiro atoms. The Morgan fingerprint density at radius 3 is 2.32 bits per heavy atom. The summed E-state index contributed by atoms with van der Waals surface area (Å²) < 4.78 is 39.2. The van der Waals surface area contributed by atoms with Crippen molar-refractivity contribution in [1.82, 2.24) is 0 Å². The van der Waals surface area contributed by atoms with E-state index in [0.717, 1.165) is 0 Å². The molecule has 1 heterocycles.